The smallest absolute Gasteiger partial charge is 0.0553 e. The Balaban J connectivity index is 2.11. The van der Waals surface area contributed by atoms with Gasteiger partial charge in [0.1, 0.15) is 0 Å². The second-order valence-electron chi connectivity index (χ2n) is 4.41. The van der Waals surface area contributed by atoms with Crippen LogP contribution < -0.4 is 10.2 Å². The number of nitrogens with one attached hydrogen (secondary N) is 1. The first-order valence-corrected chi connectivity index (χ1v) is 5.64. The first kappa shape index (κ1) is 10.4. The van der Waals surface area contributed by atoms with Gasteiger partial charge in [-0.1, -0.05) is 6.92 Å². The molecule has 1 atom stereocenters. The van der Waals surface area contributed by atoms with E-state index in [-0.39, 0.29) is 0 Å². The molecule has 0 saturated carbocycles. The standard InChI is InChI=1S/C12H19N3/c1-10-7-13-5-6-15(9-10)12-4-3-11(2)14-8-12/h3-4,8,10,13H,5-7,9H2,1-2H3. The summed E-state index contributed by atoms with van der Waals surface area (Å²) in [5.41, 5.74) is 2.33. The van der Waals surface area contributed by atoms with E-state index in [1.807, 2.05) is 13.1 Å². The van der Waals surface area contributed by atoms with Gasteiger partial charge in [-0.3, -0.25) is 4.98 Å². The van der Waals surface area contributed by atoms with E-state index in [1.165, 1.54) is 5.69 Å². The van der Waals surface area contributed by atoms with Crippen LogP contribution in [0.1, 0.15) is 12.6 Å². The Morgan fingerprint density at radius 1 is 1.47 bits per heavy atom. The average Bonchev–Trinajstić information content (AvgIpc) is 2.44. The Hall–Kier alpha value is -1.09. The Morgan fingerprint density at radius 3 is 3.07 bits per heavy atom. The molecule has 1 aliphatic heterocycles. The lowest BCUT2D eigenvalue weighted by atomic mass is 10.1. The van der Waals surface area contributed by atoms with Gasteiger partial charge in [0.05, 0.1) is 11.9 Å². The summed E-state index contributed by atoms with van der Waals surface area (Å²) < 4.78 is 0. The Kier molecular flexibility index (Phi) is 3.21. The quantitative estimate of drug-likeness (QED) is 0.752. The number of pyridine rings is 1. The maximum absolute atomic E-state index is 4.35. The lowest BCUT2D eigenvalue weighted by molar-refractivity contribution is 0.564. The summed E-state index contributed by atoms with van der Waals surface area (Å²) in [5.74, 6) is 0.703. The normalized spacial score (nSPS) is 22.5. The number of rotatable bonds is 1. The molecule has 2 rings (SSSR count). The third-order valence-corrected chi connectivity index (χ3v) is 2.84. The molecule has 2 heterocycles. The fraction of sp³-hybridized carbons (Fsp3) is 0.583. The van der Waals surface area contributed by atoms with Gasteiger partial charge in [-0.15, -0.1) is 0 Å². The first-order chi connectivity index (χ1) is 7.25. The zero-order chi connectivity index (χ0) is 10.7. The third-order valence-electron chi connectivity index (χ3n) is 2.84. The maximum atomic E-state index is 4.35. The molecule has 0 aromatic carbocycles. The minimum atomic E-state index is 0.703. The Morgan fingerprint density at radius 2 is 2.33 bits per heavy atom. The van der Waals surface area contributed by atoms with Crippen LogP contribution in [-0.4, -0.2) is 31.2 Å². The highest BCUT2D eigenvalue weighted by molar-refractivity contribution is 5.44. The van der Waals surface area contributed by atoms with Crippen LogP contribution in [0.15, 0.2) is 18.3 Å². The van der Waals surface area contributed by atoms with Gasteiger partial charge in [0.15, 0.2) is 0 Å². The molecule has 1 saturated heterocycles. The predicted octanol–water partition coefficient (Wildman–Crippen LogP) is 1.44. The van der Waals surface area contributed by atoms with Crippen molar-refractivity contribution in [3.05, 3.63) is 24.0 Å². The van der Waals surface area contributed by atoms with Crippen molar-refractivity contribution in [2.45, 2.75) is 13.8 Å². The van der Waals surface area contributed by atoms with Crippen molar-refractivity contribution < 1.29 is 0 Å². The second-order valence-corrected chi connectivity index (χ2v) is 4.41. The van der Waals surface area contributed by atoms with Crippen LogP contribution in [0.3, 0.4) is 0 Å². The molecule has 3 nitrogen and oxygen atoms in total. The molecule has 1 aliphatic rings. The van der Waals surface area contributed by atoms with Crippen molar-refractivity contribution in [2.24, 2.45) is 5.92 Å². The molecule has 0 aliphatic carbocycles. The van der Waals surface area contributed by atoms with Gasteiger partial charge in [-0.05, 0) is 31.5 Å². The van der Waals surface area contributed by atoms with Gasteiger partial charge in [0.2, 0.25) is 0 Å². The Labute approximate surface area is 91.5 Å². The SMILES string of the molecule is Cc1ccc(N2CCNCC(C)C2)cn1. The van der Waals surface area contributed by atoms with E-state index in [1.54, 1.807) is 0 Å². The molecule has 1 aromatic rings. The van der Waals surface area contributed by atoms with Gasteiger partial charge < -0.3 is 10.2 Å². The van der Waals surface area contributed by atoms with Crippen LogP contribution in [0.4, 0.5) is 5.69 Å². The first-order valence-electron chi connectivity index (χ1n) is 5.64. The second kappa shape index (κ2) is 4.62. The van der Waals surface area contributed by atoms with E-state index in [2.05, 4.69) is 34.3 Å². The van der Waals surface area contributed by atoms with Crippen molar-refractivity contribution in [1.82, 2.24) is 10.3 Å². The van der Waals surface area contributed by atoms with Gasteiger partial charge >= 0.3 is 0 Å². The lowest BCUT2D eigenvalue weighted by Crippen LogP contribution is -2.29. The molecule has 0 amide bonds. The molecular formula is C12H19N3. The van der Waals surface area contributed by atoms with E-state index in [0.717, 1.165) is 31.9 Å². The monoisotopic (exact) mass is 205 g/mol. The summed E-state index contributed by atoms with van der Waals surface area (Å²) in [4.78, 5) is 6.76. The van der Waals surface area contributed by atoms with Crippen molar-refractivity contribution in [3.63, 3.8) is 0 Å². The fourth-order valence-corrected chi connectivity index (χ4v) is 1.98. The number of nitrogens with zero attached hydrogens (tertiary/aromatic N) is 2. The zero-order valence-corrected chi connectivity index (χ0v) is 9.53. The highest BCUT2D eigenvalue weighted by atomic mass is 15.2. The molecule has 1 aromatic heterocycles. The van der Waals surface area contributed by atoms with Crippen molar-refractivity contribution in [3.8, 4) is 0 Å². The molecular weight excluding hydrogens is 186 g/mol. The van der Waals surface area contributed by atoms with Crippen molar-refractivity contribution in [1.29, 1.82) is 0 Å². The van der Waals surface area contributed by atoms with Crippen molar-refractivity contribution in [2.75, 3.05) is 31.1 Å². The van der Waals surface area contributed by atoms with Crippen LogP contribution in [0, 0.1) is 12.8 Å². The van der Waals surface area contributed by atoms with E-state index in [9.17, 15) is 0 Å². The topological polar surface area (TPSA) is 28.2 Å². The predicted molar refractivity (Wildman–Crippen MR) is 63.2 cm³/mol. The number of hydrogen-bond donors (Lipinski definition) is 1. The molecule has 0 spiro atoms. The minimum Gasteiger partial charge on any atom is -0.369 e. The van der Waals surface area contributed by atoms with Crippen LogP contribution in [0.25, 0.3) is 0 Å². The summed E-state index contributed by atoms with van der Waals surface area (Å²) in [7, 11) is 0. The van der Waals surface area contributed by atoms with Gasteiger partial charge in [0, 0.05) is 25.3 Å². The highest BCUT2D eigenvalue weighted by Gasteiger charge is 2.14. The van der Waals surface area contributed by atoms with E-state index in [0.29, 0.717) is 5.92 Å². The van der Waals surface area contributed by atoms with Crippen molar-refractivity contribution >= 4 is 5.69 Å². The molecule has 3 heteroatoms. The summed E-state index contributed by atoms with van der Waals surface area (Å²) >= 11 is 0. The maximum Gasteiger partial charge on any atom is 0.0553 e. The van der Waals surface area contributed by atoms with Gasteiger partial charge in [-0.2, -0.15) is 0 Å². The van der Waals surface area contributed by atoms with Crippen LogP contribution in [-0.2, 0) is 0 Å². The number of hydrogen-bond acceptors (Lipinski definition) is 3. The summed E-state index contributed by atoms with van der Waals surface area (Å²) in [5, 5.41) is 3.45. The van der Waals surface area contributed by atoms with E-state index in [4.69, 9.17) is 0 Å². The number of aromatic nitrogens is 1. The molecule has 0 bridgehead atoms. The molecule has 1 unspecified atom stereocenters. The van der Waals surface area contributed by atoms with Crippen LogP contribution in [0.5, 0.6) is 0 Å². The lowest BCUT2D eigenvalue weighted by Gasteiger charge is -2.24. The van der Waals surface area contributed by atoms with E-state index < -0.39 is 0 Å². The molecule has 15 heavy (non-hydrogen) atoms. The molecule has 1 fully saturated rings. The summed E-state index contributed by atoms with van der Waals surface area (Å²) in [6.45, 7) is 8.70. The minimum absolute atomic E-state index is 0.703. The van der Waals surface area contributed by atoms with Crippen LogP contribution in [0.2, 0.25) is 0 Å². The molecule has 82 valence electrons. The largest absolute Gasteiger partial charge is 0.369 e. The summed E-state index contributed by atoms with van der Waals surface area (Å²) in [6.07, 6.45) is 1.98. The zero-order valence-electron chi connectivity index (χ0n) is 9.53. The van der Waals surface area contributed by atoms with E-state index >= 15 is 0 Å². The summed E-state index contributed by atoms with van der Waals surface area (Å²) in [6, 6.07) is 4.25. The number of aryl methyl sites for hydroxylation is 1. The highest BCUT2D eigenvalue weighted by Crippen LogP contribution is 2.15. The molecule has 0 radical (unpaired) electrons. The van der Waals surface area contributed by atoms with Gasteiger partial charge in [-0.25, -0.2) is 0 Å². The number of anilines is 1. The van der Waals surface area contributed by atoms with Gasteiger partial charge in [0.25, 0.3) is 0 Å². The third kappa shape index (κ3) is 2.69. The Bertz CT molecular complexity index is 307. The average molecular weight is 205 g/mol. The van der Waals surface area contributed by atoms with Crippen LogP contribution >= 0.6 is 0 Å². The molecule has 1 N–H and O–H groups in total. The fourth-order valence-electron chi connectivity index (χ4n) is 1.98.